The highest BCUT2D eigenvalue weighted by Gasteiger charge is 2.35. The Labute approximate surface area is 214 Å². The van der Waals surface area contributed by atoms with Crippen molar-refractivity contribution in [2.75, 3.05) is 10.3 Å². The maximum atomic E-state index is 13.5. The normalized spacial score (nSPS) is 13.6. The second-order valence-corrected chi connectivity index (χ2v) is 9.09. The number of phenolic OH excluding ortho intramolecular Hbond substituents is 1. The quantitative estimate of drug-likeness (QED) is 0.229. The molecule has 0 aliphatic carbocycles. The molecule has 0 bridgehead atoms. The fourth-order valence-corrected chi connectivity index (χ4v) is 4.45. The molecular formula is C30H25N3O4. The van der Waals surface area contributed by atoms with E-state index in [9.17, 15) is 19.8 Å². The summed E-state index contributed by atoms with van der Waals surface area (Å²) < 4.78 is 0. The van der Waals surface area contributed by atoms with E-state index in [4.69, 9.17) is 0 Å². The number of amides is 1. The molecule has 1 aliphatic rings. The van der Waals surface area contributed by atoms with Crippen molar-refractivity contribution in [2.45, 2.75) is 20.8 Å². The van der Waals surface area contributed by atoms with E-state index in [2.05, 4.69) is 10.5 Å². The number of nitrogens with zero attached hydrogens (tertiary/aromatic N) is 2. The third kappa shape index (κ3) is 4.31. The Kier molecular flexibility index (Phi) is 5.97. The van der Waals surface area contributed by atoms with Crippen molar-refractivity contribution in [3.63, 3.8) is 0 Å². The number of hydrogen-bond donors (Lipinski definition) is 3. The first-order valence-corrected chi connectivity index (χ1v) is 11.8. The highest BCUT2D eigenvalue weighted by atomic mass is 16.4. The van der Waals surface area contributed by atoms with Gasteiger partial charge in [-0.3, -0.25) is 15.1 Å². The van der Waals surface area contributed by atoms with Crippen LogP contribution in [-0.4, -0.2) is 27.8 Å². The highest BCUT2D eigenvalue weighted by Crippen LogP contribution is 2.39. The van der Waals surface area contributed by atoms with Gasteiger partial charge in [0.25, 0.3) is 5.91 Å². The number of carbonyl (C=O) groups is 2. The number of fused-ring (bicyclic) bond motifs is 1. The SMILES string of the molecule is Cc1cc(N/N=C2\C(=O)N(c3cccc(C(=O)O)c3)c3ccccc32)c(O)c(-c2ccc(C)c(C)c2)c1. The van der Waals surface area contributed by atoms with Gasteiger partial charge < -0.3 is 10.2 Å². The van der Waals surface area contributed by atoms with Crippen LogP contribution in [-0.2, 0) is 4.79 Å². The summed E-state index contributed by atoms with van der Waals surface area (Å²) in [5, 5.41) is 24.9. The van der Waals surface area contributed by atoms with E-state index in [1.165, 1.54) is 17.0 Å². The Morgan fingerprint density at radius 3 is 2.41 bits per heavy atom. The molecule has 0 fully saturated rings. The van der Waals surface area contributed by atoms with Gasteiger partial charge >= 0.3 is 5.97 Å². The summed E-state index contributed by atoms with van der Waals surface area (Å²) in [6.45, 7) is 5.99. The molecule has 37 heavy (non-hydrogen) atoms. The minimum Gasteiger partial charge on any atom is -0.505 e. The van der Waals surface area contributed by atoms with E-state index in [0.717, 1.165) is 22.3 Å². The molecule has 7 nitrogen and oxygen atoms in total. The van der Waals surface area contributed by atoms with Gasteiger partial charge in [0.2, 0.25) is 0 Å². The number of carbonyl (C=O) groups excluding carboxylic acids is 1. The summed E-state index contributed by atoms with van der Waals surface area (Å²) in [4.78, 5) is 26.4. The van der Waals surface area contributed by atoms with Crippen LogP contribution in [0.25, 0.3) is 11.1 Å². The molecule has 0 spiro atoms. The van der Waals surface area contributed by atoms with Crippen molar-refractivity contribution < 1.29 is 19.8 Å². The van der Waals surface area contributed by atoms with Crippen LogP contribution in [0.1, 0.15) is 32.6 Å². The summed E-state index contributed by atoms with van der Waals surface area (Å²) >= 11 is 0. The summed E-state index contributed by atoms with van der Waals surface area (Å²) in [6, 6.07) is 23.1. The Morgan fingerprint density at radius 2 is 1.65 bits per heavy atom. The summed E-state index contributed by atoms with van der Waals surface area (Å²) in [5.74, 6) is -1.45. The van der Waals surface area contributed by atoms with Gasteiger partial charge in [-0.2, -0.15) is 5.10 Å². The first kappa shape index (κ1) is 23.8. The molecule has 1 amide bonds. The van der Waals surface area contributed by atoms with Gasteiger partial charge in [0.15, 0.2) is 5.71 Å². The molecular weight excluding hydrogens is 466 g/mol. The number of para-hydroxylation sites is 1. The Bertz CT molecular complexity index is 1610. The average Bonchev–Trinajstić information content (AvgIpc) is 3.17. The molecule has 0 saturated heterocycles. The molecule has 0 saturated carbocycles. The largest absolute Gasteiger partial charge is 0.505 e. The molecule has 5 rings (SSSR count). The molecule has 1 aliphatic heterocycles. The van der Waals surface area contributed by atoms with Gasteiger partial charge in [-0.25, -0.2) is 4.79 Å². The van der Waals surface area contributed by atoms with Gasteiger partial charge in [0, 0.05) is 11.1 Å². The maximum Gasteiger partial charge on any atom is 0.335 e. The topological polar surface area (TPSA) is 102 Å². The lowest BCUT2D eigenvalue weighted by molar-refractivity contribution is -0.111. The molecule has 1 heterocycles. The first-order chi connectivity index (χ1) is 17.7. The predicted molar refractivity (Wildman–Crippen MR) is 145 cm³/mol. The fraction of sp³-hybridized carbons (Fsp3) is 0.100. The fourth-order valence-electron chi connectivity index (χ4n) is 4.45. The molecule has 0 radical (unpaired) electrons. The van der Waals surface area contributed by atoms with Gasteiger partial charge in [-0.05, 0) is 79.4 Å². The van der Waals surface area contributed by atoms with Crippen molar-refractivity contribution >= 4 is 34.7 Å². The lowest BCUT2D eigenvalue weighted by Crippen LogP contribution is -2.26. The molecule has 0 atom stereocenters. The molecule has 184 valence electrons. The number of aromatic hydroxyl groups is 1. The van der Waals surface area contributed by atoms with Crippen LogP contribution in [0.5, 0.6) is 5.75 Å². The van der Waals surface area contributed by atoms with Gasteiger partial charge in [0.05, 0.1) is 22.6 Å². The number of carboxylic acids is 1. The van der Waals surface area contributed by atoms with Gasteiger partial charge in [-0.15, -0.1) is 0 Å². The highest BCUT2D eigenvalue weighted by molar-refractivity contribution is 6.55. The monoisotopic (exact) mass is 491 g/mol. The smallest absolute Gasteiger partial charge is 0.335 e. The van der Waals surface area contributed by atoms with E-state index in [-0.39, 0.29) is 17.0 Å². The van der Waals surface area contributed by atoms with Crippen LogP contribution in [0.3, 0.4) is 0 Å². The number of aromatic carboxylic acids is 1. The zero-order chi connectivity index (χ0) is 26.3. The Hall–Kier alpha value is -4.91. The second kappa shape index (κ2) is 9.28. The van der Waals surface area contributed by atoms with E-state index in [1.54, 1.807) is 42.5 Å². The third-order valence-corrected chi connectivity index (χ3v) is 6.52. The summed E-state index contributed by atoms with van der Waals surface area (Å²) in [6.07, 6.45) is 0. The first-order valence-electron chi connectivity index (χ1n) is 11.8. The zero-order valence-corrected chi connectivity index (χ0v) is 20.6. The summed E-state index contributed by atoms with van der Waals surface area (Å²) in [7, 11) is 0. The number of hydrazone groups is 1. The Balaban J connectivity index is 1.54. The molecule has 4 aromatic rings. The Morgan fingerprint density at radius 1 is 0.865 bits per heavy atom. The van der Waals surface area contributed by atoms with Crippen LogP contribution < -0.4 is 10.3 Å². The van der Waals surface area contributed by atoms with Gasteiger partial charge in [-0.1, -0.05) is 42.5 Å². The lowest BCUT2D eigenvalue weighted by atomic mass is 9.98. The summed E-state index contributed by atoms with van der Waals surface area (Å²) in [5.41, 5.74) is 9.88. The van der Waals surface area contributed by atoms with E-state index in [0.29, 0.717) is 28.2 Å². The van der Waals surface area contributed by atoms with Crippen LogP contribution in [0, 0.1) is 20.8 Å². The van der Waals surface area contributed by atoms with Crippen LogP contribution in [0.2, 0.25) is 0 Å². The molecule has 4 aromatic carbocycles. The van der Waals surface area contributed by atoms with Crippen LogP contribution in [0.4, 0.5) is 17.1 Å². The van der Waals surface area contributed by atoms with Crippen molar-refractivity contribution in [1.29, 1.82) is 0 Å². The number of benzene rings is 4. The second-order valence-electron chi connectivity index (χ2n) is 9.09. The zero-order valence-electron chi connectivity index (χ0n) is 20.6. The third-order valence-electron chi connectivity index (χ3n) is 6.52. The van der Waals surface area contributed by atoms with Crippen LogP contribution in [0.15, 0.2) is 84.0 Å². The number of phenols is 1. The van der Waals surface area contributed by atoms with Gasteiger partial charge in [0.1, 0.15) is 5.75 Å². The van der Waals surface area contributed by atoms with Crippen LogP contribution >= 0.6 is 0 Å². The average molecular weight is 492 g/mol. The van der Waals surface area contributed by atoms with E-state index >= 15 is 0 Å². The van der Waals surface area contributed by atoms with Crippen molar-refractivity contribution in [1.82, 2.24) is 0 Å². The van der Waals surface area contributed by atoms with E-state index < -0.39 is 11.9 Å². The maximum absolute atomic E-state index is 13.5. The molecule has 0 aromatic heterocycles. The predicted octanol–water partition coefficient (Wildman–Crippen LogP) is 6.18. The number of nitrogens with one attached hydrogen (secondary N) is 1. The minimum atomic E-state index is -1.08. The number of aryl methyl sites for hydroxylation is 3. The molecule has 0 unspecified atom stereocenters. The number of carboxylic acid groups (broad SMARTS) is 1. The van der Waals surface area contributed by atoms with E-state index in [1.807, 2.05) is 45.0 Å². The lowest BCUT2D eigenvalue weighted by Gasteiger charge is -2.17. The number of rotatable bonds is 5. The van der Waals surface area contributed by atoms with Crippen molar-refractivity contribution in [3.8, 4) is 16.9 Å². The minimum absolute atomic E-state index is 0.0305. The number of hydrogen-bond acceptors (Lipinski definition) is 5. The molecule has 7 heteroatoms. The molecule has 3 N–H and O–H groups in total. The number of anilines is 3. The standard InChI is InChI=1S/C30H25N3O4/c1-17-13-24(20-12-11-18(2)19(3)15-20)28(34)25(14-17)31-32-27-23-9-4-5-10-26(23)33(29(27)35)22-8-6-7-21(16-22)30(36)37/h4-16,31,34H,1-3H3,(H,36,37)/b32-27-. The van der Waals surface area contributed by atoms with Crippen molar-refractivity contribution in [2.24, 2.45) is 5.10 Å². The van der Waals surface area contributed by atoms with Crippen molar-refractivity contribution in [3.05, 3.63) is 107 Å².